The Morgan fingerprint density at radius 2 is 2.29 bits per heavy atom. The van der Waals surface area contributed by atoms with Gasteiger partial charge in [-0.25, -0.2) is 10.1 Å². The summed E-state index contributed by atoms with van der Waals surface area (Å²) in [4.78, 5) is 4.45. The SMILES string of the molecule is Cl/C=C/CSc1n[nH]c2nc3ccccc3n12. The molecule has 0 bridgehead atoms. The Balaban J connectivity index is 2.12. The van der Waals surface area contributed by atoms with Crippen LogP contribution >= 0.6 is 23.4 Å². The Bertz CT molecular complexity index is 685. The molecule has 1 N–H and O–H groups in total. The normalized spacial score (nSPS) is 12.1. The molecule has 3 rings (SSSR count). The number of aromatic amines is 1. The van der Waals surface area contributed by atoms with Crippen molar-refractivity contribution in [2.75, 3.05) is 5.75 Å². The average Bonchev–Trinajstić information content (AvgIpc) is 2.89. The summed E-state index contributed by atoms with van der Waals surface area (Å²) in [6.45, 7) is 0. The van der Waals surface area contributed by atoms with Crippen LogP contribution in [-0.2, 0) is 0 Å². The van der Waals surface area contributed by atoms with Gasteiger partial charge < -0.3 is 0 Å². The summed E-state index contributed by atoms with van der Waals surface area (Å²) in [6, 6.07) is 8.00. The third kappa shape index (κ3) is 1.81. The van der Waals surface area contributed by atoms with E-state index in [4.69, 9.17) is 11.6 Å². The van der Waals surface area contributed by atoms with E-state index in [2.05, 4.69) is 15.2 Å². The number of hydrogen-bond donors (Lipinski definition) is 1. The first-order valence-corrected chi connectivity index (χ1v) is 6.52. The molecule has 0 atom stereocenters. The van der Waals surface area contributed by atoms with Crippen LogP contribution in [0.25, 0.3) is 16.8 Å². The number of aromatic nitrogens is 4. The van der Waals surface area contributed by atoms with Crippen LogP contribution in [0.4, 0.5) is 0 Å². The maximum absolute atomic E-state index is 5.49. The Hall–Kier alpha value is -1.46. The highest BCUT2D eigenvalue weighted by atomic mass is 35.5. The van der Waals surface area contributed by atoms with Crippen LogP contribution in [0.3, 0.4) is 0 Å². The maximum atomic E-state index is 5.49. The summed E-state index contributed by atoms with van der Waals surface area (Å²) in [5.41, 5.74) is 3.55. The quantitative estimate of drug-likeness (QED) is 0.740. The highest BCUT2D eigenvalue weighted by molar-refractivity contribution is 7.99. The molecule has 4 nitrogen and oxygen atoms in total. The van der Waals surface area contributed by atoms with Gasteiger partial charge in [-0.2, -0.15) is 0 Å². The van der Waals surface area contributed by atoms with Crippen LogP contribution < -0.4 is 0 Å². The molecule has 86 valence electrons. The zero-order valence-corrected chi connectivity index (χ0v) is 10.4. The van der Waals surface area contributed by atoms with Crippen molar-refractivity contribution in [3.8, 4) is 0 Å². The zero-order chi connectivity index (χ0) is 11.7. The van der Waals surface area contributed by atoms with Crippen LogP contribution in [0.15, 0.2) is 41.0 Å². The fourth-order valence-corrected chi connectivity index (χ4v) is 2.66. The van der Waals surface area contributed by atoms with Gasteiger partial charge in [0.15, 0.2) is 5.16 Å². The van der Waals surface area contributed by atoms with Gasteiger partial charge in [0.05, 0.1) is 11.0 Å². The van der Waals surface area contributed by atoms with E-state index in [0.29, 0.717) is 0 Å². The predicted octanol–water partition coefficient (Wildman–Crippen LogP) is 3.06. The van der Waals surface area contributed by atoms with E-state index in [1.54, 1.807) is 11.8 Å². The third-order valence-corrected chi connectivity index (χ3v) is 3.47. The van der Waals surface area contributed by atoms with E-state index in [9.17, 15) is 0 Å². The first-order valence-electron chi connectivity index (χ1n) is 5.10. The van der Waals surface area contributed by atoms with Crippen LogP contribution in [0.2, 0.25) is 0 Å². The van der Waals surface area contributed by atoms with Gasteiger partial charge in [-0.3, -0.25) is 4.40 Å². The number of hydrogen-bond acceptors (Lipinski definition) is 3. The van der Waals surface area contributed by atoms with Gasteiger partial charge in [0.1, 0.15) is 0 Å². The molecule has 0 aliphatic rings. The number of H-pyrrole nitrogens is 1. The summed E-state index contributed by atoms with van der Waals surface area (Å²) < 4.78 is 2.02. The fraction of sp³-hybridized carbons (Fsp3) is 0.0909. The maximum Gasteiger partial charge on any atom is 0.231 e. The lowest BCUT2D eigenvalue weighted by atomic mass is 10.3. The van der Waals surface area contributed by atoms with Crippen molar-refractivity contribution in [1.82, 2.24) is 19.6 Å². The van der Waals surface area contributed by atoms with E-state index in [1.807, 2.05) is 34.7 Å². The molecule has 2 aromatic heterocycles. The van der Waals surface area contributed by atoms with Crippen molar-refractivity contribution in [2.24, 2.45) is 0 Å². The van der Waals surface area contributed by atoms with Crippen molar-refractivity contribution < 1.29 is 0 Å². The van der Waals surface area contributed by atoms with Crippen molar-refractivity contribution in [3.05, 3.63) is 35.9 Å². The number of nitrogens with zero attached hydrogens (tertiary/aromatic N) is 3. The van der Waals surface area contributed by atoms with E-state index in [0.717, 1.165) is 27.7 Å². The van der Waals surface area contributed by atoms with E-state index in [1.165, 1.54) is 5.54 Å². The Morgan fingerprint density at radius 3 is 3.18 bits per heavy atom. The number of rotatable bonds is 3. The van der Waals surface area contributed by atoms with Gasteiger partial charge in [0, 0.05) is 11.3 Å². The minimum Gasteiger partial charge on any atom is -0.254 e. The van der Waals surface area contributed by atoms with Crippen molar-refractivity contribution in [3.63, 3.8) is 0 Å². The van der Waals surface area contributed by atoms with E-state index >= 15 is 0 Å². The summed E-state index contributed by atoms with van der Waals surface area (Å²) in [7, 11) is 0. The van der Waals surface area contributed by atoms with E-state index in [-0.39, 0.29) is 0 Å². The lowest BCUT2D eigenvalue weighted by Gasteiger charge is -1.95. The summed E-state index contributed by atoms with van der Waals surface area (Å²) >= 11 is 7.10. The zero-order valence-electron chi connectivity index (χ0n) is 8.80. The first-order chi connectivity index (χ1) is 8.40. The number of thioether (sulfide) groups is 1. The predicted molar refractivity (Wildman–Crippen MR) is 70.6 cm³/mol. The number of nitrogens with one attached hydrogen (secondary N) is 1. The van der Waals surface area contributed by atoms with Crippen LogP contribution in [0.1, 0.15) is 0 Å². The van der Waals surface area contributed by atoms with Gasteiger partial charge in [-0.05, 0) is 12.1 Å². The molecule has 0 radical (unpaired) electrons. The molecule has 0 saturated carbocycles. The van der Waals surface area contributed by atoms with Gasteiger partial charge in [-0.15, -0.1) is 5.10 Å². The average molecular weight is 265 g/mol. The molecular weight excluding hydrogens is 256 g/mol. The summed E-state index contributed by atoms with van der Waals surface area (Å²) in [5, 5.41) is 8.06. The smallest absolute Gasteiger partial charge is 0.231 e. The molecule has 0 fully saturated rings. The number of halogens is 1. The Labute approximate surface area is 107 Å². The first kappa shape index (κ1) is 10.7. The Kier molecular flexibility index (Phi) is 2.78. The standard InChI is InChI=1S/C11H9ClN4S/c12-6-3-7-17-11-15-14-10-13-8-4-1-2-5-9(8)16(10)11/h1-6H,7H2,(H,13,14)/b6-3+. The third-order valence-electron chi connectivity index (χ3n) is 2.40. The van der Waals surface area contributed by atoms with Gasteiger partial charge in [0.25, 0.3) is 0 Å². The molecular formula is C11H9ClN4S. The molecule has 0 aliphatic heterocycles. The second kappa shape index (κ2) is 4.43. The number of para-hydroxylation sites is 2. The van der Waals surface area contributed by atoms with Crippen LogP contribution in [0, 0.1) is 0 Å². The summed E-state index contributed by atoms with van der Waals surface area (Å²) in [6.07, 6.45) is 1.88. The highest BCUT2D eigenvalue weighted by Gasteiger charge is 2.10. The topological polar surface area (TPSA) is 46.0 Å². The lowest BCUT2D eigenvalue weighted by Crippen LogP contribution is -1.85. The van der Waals surface area contributed by atoms with Crippen LogP contribution in [0.5, 0.6) is 0 Å². The van der Waals surface area contributed by atoms with Crippen molar-refractivity contribution >= 4 is 40.2 Å². The molecule has 6 heteroatoms. The molecule has 0 spiro atoms. The monoisotopic (exact) mass is 264 g/mol. The fourth-order valence-electron chi connectivity index (χ4n) is 1.70. The largest absolute Gasteiger partial charge is 0.254 e. The van der Waals surface area contributed by atoms with Crippen LogP contribution in [-0.4, -0.2) is 25.3 Å². The number of fused-ring (bicyclic) bond motifs is 3. The Morgan fingerprint density at radius 1 is 1.41 bits per heavy atom. The van der Waals surface area contributed by atoms with Gasteiger partial charge in [0.2, 0.25) is 5.78 Å². The summed E-state index contributed by atoms with van der Waals surface area (Å²) in [5.74, 6) is 1.55. The van der Waals surface area contributed by atoms with Gasteiger partial charge >= 0.3 is 0 Å². The minimum atomic E-state index is 0.767. The molecule has 0 aliphatic carbocycles. The minimum absolute atomic E-state index is 0.767. The second-order valence-corrected chi connectivity index (χ2v) is 4.68. The number of imidazole rings is 1. The molecule has 0 amide bonds. The second-order valence-electron chi connectivity index (χ2n) is 3.44. The molecule has 0 saturated heterocycles. The molecule has 1 aromatic carbocycles. The molecule has 2 heterocycles. The lowest BCUT2D eigenvalue weighted by molar-refractivity contribution is 0.942. The molecule has 0 unspecified atom stereocenters. The van der Waals surface area contributed by atoms with Gasteiger partial charge in [-0.1, -0.05) is 41.6 Å². The molecule has 3 aromatic rings. The number of benzene rings is 1. The molecule has 17 heavy (non-hydrogen) atoms. The highest BCUT2D eigenvalue weighted by Crippen LogP contribution is 2.22. The van der Waals surface area contributed by atoms with E-state index < -0.39 is 0 Å². The van der Waals surface area contributed by atoms with Crippen molar-refractivity contribution in [2.45, 2.75) is 5.16 Å². The van der Waals surface area contributed by atoms with Crippen molar-refractivity contribution in [1.29, 1.82) is 0 Å².